The molecule has 1 aromatic carbocycles. The number of anilines is 1. The number of benzene rings is 1. The number of hydrogen-bond donors (Lipinski definition) is 0. The van der Waals surface area contributed by atoms with Crippen molar-refractivity contribution in [1.82, 2.24) is 9.78 Å². The quantitative estimate of drug-likeness (QED) is 0.614. The lowest BCUT2D eigenvalue weighted by Gasteiger charge is -2.28. The predicted octanol–water partition coefficient (Wildman–Crippen LogP) is 2.47. The Balaban J connectivity index is 2.13. The summed E-state index contributed by atoms with van der Waals surface area (Å²) >= 11 is 0. The van der Waals surface area contributed by atoms with E-state index < -0.39 is 0 Å². The summed E-state index contributed by atoms with van der Waals surface area (Å²) in [6.45, 7) is 1.78. The second-order valence-corrected chi connectivity index (χ2v) is 5.01. The molecule has 0 saturated carbocycles. The minimum Gasteiger partial charge on any atom is -0.366 e. The van der Waals surface area contributed by atoms with Crippen molar-refractivity contribution >= 4 is 22.3 Å². The smallest absolute Gasteiger partial charge is 0.293 e. The third kappa shape index (κ3) is 2.14. The molecule has 0 aliphatic carbocycles. The van der Waals surface area contributed by atoms with E-state index >= 15 is 0 Å². The SMILES string of the molecule is Cn1cc2cc([N+](=O)[O-])c(N3CCCCC3)cc2n1. The van der Waals surface area contributed by atoms with Crippen molar-refractivity contribution in [3.63, 3.8) is 0 Å². The summed E-state index contributed by atoms with van der Waals surface area (Å²) in [6.07, 6.45) is 5.20. The highest BCUT2D eigenvalue weighted by atomic mass is 16.6. The molecule has 3 rings (SSSR count). The van der Waals surface area contributed by atoms with Crippen LogP contribution in [0.4, 0.5) is 11.4 Å². The fourth-order valence-corrected chi connectivity index (χ4v) is 2.71. The zero-order chi connectivity index (χ0) is 13.4. The standard InChI is InChI=1S/C13H16N4O2/c1-15-9-10-7-13(17(18)19)12(8-11(10)14-15)16-5-3-2-4-6-16/h7-9H,2-6H2,1H3. The van der Waals surface area contributed by atoms with Gasteiger partial charge in [-0.2, -0.15) is 5.10 Å². The van der Waals surface area contributed by atoms with Gasteiger partial charge in [-0.15, -0.1) is 0 Å². The fraction of sp³-hybridized carbons (Fsp3) is 0.462. The van der Waals surface area contributed by atoms with Crippen LogP contribution in [0.5, 0.6) is 0 Å². The first-order valence-corrected chi connectivity index (χ1v) is 6.52. The summed E-state index contributed by atoms with van der Waals surface area (Å²) in [6, 6.07) is 3.48. The Morgan fingerprint density at radius 2 is 2.00 bits per heavy atom. The second-order valence-electron chi connectivity index (χ2n) is 5.01. The van der Waals surface area contributed by atoms with E-state index in [1.54, 1.807) is 10.7 Å². The van der Waals surface area contributed by atoms with Crippen LogP contribution in [0, 0.1) is 10.1 Å². The predicted molar refractivity (Wildman–Crippen MR) is 73.4 cm³/mol. The number of hydrogen-bond acceptors (Lipinski definition) is 4. The number of nitrogens with zero attached hydrogens (tertiary/aromatic N) is 4. The van der Waals surface area contributed by atoms with Gasteiger partial charge in [0.25, 0.3) is 5.69 Å². The normalized spacial score (nSPS) is 15.9. The summed E-state index contributed by atoms with van der Waals surface area (Å²) in [4.78, 5) is 13.1. The average molecular weight is 260 g/mol. The first kappa shape index (κ1) is 12.0. The Morgan fingerprint density at radius 1 is 1.26 bits per heavy atom. The van der Waals surface area contributed by atoms with E-state index in [2.05, 4.69) is 10.00 Å². The molecule has 1 fully saturated rings. The van der Waals surface area contributed by atoms with Gasteiger partial charge in [-0.1, -0.05) is 0 Å². The van der Waals surface area contributed by atoms with E-state index in [4.69, 9.17) is 0 Å². The molecule has 1 aliphatic heterocycles. The molecule has 6 heteroatoms. The minimum absolute atomic E-state index is 0.183. The molecular formula is C13H16N4O2. The second kappa shape index (κ2) is 4.53. The molecule has 2 heterocycles. The lowest BCUT2D eigenvalue weighted by Crippen LogP contribution is -2.29. The van der Waals surface area contributed by atoms with Gasteiger partial charge in [-0.25, -0.2) is 0 Å². The maximum Gasteiger partial charge on any atom is 0.293 e. The van der Waals surface area contributed by atoms with Crippen LogP contribution in [-0.4, -0.2) is 27.8 Å². The summed E-state index contributed by atoms with van der Waals surface area (Å²) < 4.78 is 1.69. The van der Waals surface area contributed by atoms with Gasteiger partial charge in [-0.3, -0.25) is 14.8 Å². The molecule has 1 aromatic heterocycles. The van der Waals surface area contributed by atoms with Gasteiger partial charge in [-0.05, 0) is 25.3 Å². The lowest BCUT2D eigenvalue weighted by atomic mass is 10.1. The van der Waals surface area contributed by atoms with Crippen LogP contribution in [0.2, 0.25) is 0 Å². The fourth-order valence-electron chi connectivity index (χ4n) is 2.71. The Labute approximate surface area is 110 Å². The summed E-state index contributed by atoms with van der Waals surface area (Å²) in [5, 5.41) is 16.4. The molecule has 0 atom stereocenters. The van der Waals surface area contributed by atoms with Gasteiger partial charge in [0.1, 0.15) is 5.69 Å². The molecule has 19 heavy (non-hydrogen) atoms. The maximum absolute atomic E-state index is 11.3. The Morgan fingerprint density at radius 3 is 2.68 bits per heavy atom. The van der Waals surface area contributed by atoms with Crippen molar-refractivity contribution in [1.29, 1.82) is 0 Å². The first-order chi connectivity index (χ1) is 9.15. The third-order valence-electron chi connectivity index (χ3n) is 3.61. The topological polar surface area (TPSA) is 64.2 Å². The Hall–Kier alpha value is -2.11. The number of nitro benzene ring substituents is 1. The van der Waals surface area contributed by atoms with E-state index in [0.29, 0.717) is 5.69 Å². The molecule has 2 aromatic rings. The summed E-state index contributed by atoms with van der Waals surface area (Å²) in [7, 11) is 1.83. The number of fused-ring (bicyclic) bond motifs is 1. The van der Waals surface area contributed by atoms with E-state index in [1.807, 2.05) is 19.3 Å². The van der Waals surface area contributed by atoms with Crippen LogP contribution in [-0.2, 0) is 7.05 Å². The van der Waals surface area contributed by atoms with E-state index in [9.17, 15) is 10.1 Å². The van der Waals surface area contributed by atoms with Gasteiger partial charge in [0.15, 0.2) is 0 Å². The molecule has 1 saturated heterocycles. The van der Waals surface area contributed by atoms with Crippen molar-refractivity contribution < 1.29 is 4.92 Å². The largest absolute Gasteiger partial charge is 0.366 e. The van der Waals surface area contributed by atoms with Crippen LogP contribution in [0.1, 0.15) is 19.3 Å². The summed E-state index contributed by atoms with van der Waals surface area (Å²) in [5.41, 5.74) is 1.70. The monoisotopic (exact) mass is 260 g/mol. The molecule has 6 nitrogen and oxygen atoms in total. The molecular weight excluding hydrogens is 244 g/mol. The number of nitro groups is 1. The zero-order valence-corrected chi connectivity index (χ0v) is 10.9. The molecule has 0 unspecified atom stereocenters. The molecule has 1 aliphatic rings. The van der Waals surface area contributed by atoms with Crippen molar-refractivity contribution in [3.05, 3.63) is 28.4 Å². The van der Waals surface area contributed by atoms with Crippen LogP contribution >= 0.6 is 0 Å². The molecule has 0 N–H and O–H groups in total. The molecule has 0 radical (unpaired) electrons. The van der Waals surface area contributed by atoms with Crippen molar-refractivity contribution in [2.24, 2.45) is 7.05 Å². The van der Waals surface area contributed by atoms with Crippen LogP contribution in [0.15, 0.2) is 18.3 Å². The van der Waals surface area contributed by atoms with Gasteiger partial charge in [0.2, 0.25) is 0 Å². The maximum atomic E-state index is 11.3. The zero-order valence-electron chi connectivity index (χ0n) is 10.9. The van der Waals surface area contributed by atoms with Gasteiger partial charge >= 0.3 is 0 Å². The van der Waals surface area contributed by atoms with Crippen LogP contribution in [0.25, 0.3) is 10.9 Å². The van der Waals surface area contributed by atoms with E-state index in [0.717, 1.165) is 36.8 Å². The van der Waals surface area contributed by atoms with E-state index in [1.165, 1.54) is 6.42 Å². The third-order valence-corrected chi connectivity index (χ3v) is 3.61. The van der Waals surface area contributed by atoms with Gasteiger partial charge < -0.3 is 4.90 Å². The van der Waals surface area contributed by atoms with Crippen molar-refractivity contribution in [3.8, 4) is 0 Å². The number of aryl methyl sites for hydroxylation is 1. The van der Waals surface area contributed by atoms with Crippen LogP contribution < -0.4 is 4.90 Å². The highest BCUT2D eigenvalue weighted by Crippen LogP contribution is 2.34. The summed E-state index contributed by atoms with van der Waals surface area (Å²) in [5.74, 6) is 0. The highest BCUT2D eigenvalue weighted by molar-refractivity contribution is 5.87. The first-order valence-electron chi connectivity index (χ1n) is 6.52. The molecule has 0 amide bonds. The van der Waals surface area contributed by atoms with Crippen molar-refractivity contribution in [2.75, 3.05) is 18.0 Å². The van der Waals surface area contributed by atoms with E-state index in [-0.39, 0.29) is 10.6 Å². The highest BCUT2D eigenvalue weighted by Gasteiger charge is 2.22. The molecule has 100 valence electrons. The van der Waals surface area contributed by atoms with Crippen molar-refractivity contribution in [2.45, 2.75) is 19.3 Å². The van der Waals surface area contributed by atoms with Crippen LogP contribution in [0.3, 0.4) is 0 Å². The van der Waals surface area contributed by atoms with Gasteiger partial charge in [0, 0.05) is 37.8 Å². The van der Waals surface area contributed by atoms with Gasteiger partial charge in [0.05, 0.1) is 10.4 Å². The Kier molecular flexibility index (Phi) is 2.85. The molecule has 0 spiro atoms. The lowest BCUT2D eigenvalue weighted by molar-refractivity contribution is -0.384. The minimum atomic E-state index is -0.295. The molecule has 0 bridgehead atoms. The average Bonchev–Trinajstić information content (AvgIpc) is 2.77. The number of piperidine rings is 1. The number of rotatable bonds is 2. The Bertz CT molecular complexity index is 629. The number of aromatic nitrogens is 2.